The highest BCUT2D eigenvalue weighted by Crippen LogP contribution is 2.31. The van der Waals surface area contributed by atoms with Crippen molar-refractivity contribution in [2.75, 3.05) is 0 Å². The zero-order chi connectivity index (χ0) is 19.3. The Morgan fingerprint density at radius 1 is 1.19 bits per heavy atom. The van der Waals surface area contributed by atoms with E-state index in [1.54, 1.807) is 12.1 Å². The Kier molecular flexibility index (Phi) is 6.65. The molecule has 0 fully saturated rings. The van der Waals surface area contributed by atoms with Gasteiger partial charge in [0.15, 0.2) is 0 Å². The second-order valence-corrected chi connectivity index (χ2v) is 7.92. The number of rotatable bonds is 2. The fourth-order valence-electron chi connectivity index (χ4n) is 3.08. The average molecular weight is 358 g/mol. The van der Waals surface area contributed by atoms with E-state index in [1.165, 1.54) is 17.7 Å². The summed E-state index contributed by atoms with van der Waals surface area (Å²) in [4.78, 5) is 12.5. The number of carbonyl (C=O) groups is 1. The maximum Gasteiger partial charge on any atom is 0.338 e. The van der Waals surface area contributed by atoms with E-state index in [0.717, 1.165) is 24.8 Å². The van der Waals surface area contributed by atoms with Crippen molar-refractivity contribution >= 4 is 5.97 Å². The van der Waals surface area contributed by atoms with E-state index in [-0.39, 0.29) is 11.2 Å². The molecule has 0 saturated carbocycles. The zero-order valence-electron chi connectivity index (χ0n) is 16.2. The number of aromatic hydroxyl groups is 1. The maximum absolute atomic E-state index is 12.5. The maximum atomic E-state index is 12.5. The van der Waals surface area contributed by atoms with E-state index in [0.29, 0.717) is 12.0 Å². The van der Waals surface area contributed by atoms with Crippen LogP contribution in [0.3, 0.4) is 0 Å². The Morgan fingerprint density at radius 3 is 2.50 bits per heavy atom. The number of hydrogen-bond donors (Lipinski definition) is 2. The van der Waals surface area contributed by atoms with Crippen molar-refractivity contribution in [1.82, 2.24) is 0 Å². The summed E-state index contributed by atoms with van der Waals surface area (Å²) >= 11 is 0. The number of ether oxygens (including phenoxy) is 1. The van der Waals surface area contributed by atoms with Crippen LogP contribution in [0.15, 0.2) is 47.6 Å². The third-order valence-electron chi connectivity index (χ3n) is 5.15. The van der Waals surface area contributed by atoms with E-state index < -0.39 is 18.2 Å². The molecule has 2 atom stereocenters. The first kappa shape index (κ1) is 20.2. The predicted molar refractivity (Wildman–Crippen MR) is 103 cm³/mol. The van der Waals surface area contributed by atoms with Gasteiger partial charge in [0, 0.05) is 6.42 Å². The van der Waals surface area contributed by atoms with E-state index in [9.17, 15) is 15.0 Å². The van der Waals surface area contributed by atoms with Gasteiger partial charge in [0.1, 0.15) is 11.9 Å². The van der Waals surface area contributed by atoms with Crippen LogP contribution in [0.25, 0.3) is 0 Å². The van der Waals surface area contributed by atoms with Gasteiger partial charge in [-0.15, -0.1) is 0 Å². The number of benzene rings is 1. The van der Waals surface area contributed by atoms with Crippen LogP contribution in [0.4, 0.5) is 0 Å². The normalized spacial score (nSPS) is 28.0. The average Bonchev–Trinajstić information content (AvgIpc) is 2.59. The third kappa shape index (κ3) is 5.46. The Labute approximate surface area is 156 Å². The van der Waals surface area contributed by atoms with Gasteiger partial charge >= 0.3 is 5.97 Å². The minimum atomic E-state index is -0.587. The predicted octanol–water partition coefficient (Wildman–Crippen LogP) is 4.77. The third-order valence-corrected chi connectivity index (χ3v) is 5.15. The van der Waals surface area contributed by atoms with Crippen LogP contribution in [-0.2, 0) is 4.74 Å². The molecule has 2 rings (SSSR count). The number of esters is 1. The largest absolute Gasteiger partial charge is 0.508 e. The van der Waals surface area contributed by atoms with Crippen LogP contribution in [0, 0.1) is 5.41 Å². The first-order chi connectivity index (χ1) is 12.2. The lowest BCUT2D eigenvalue weighted by molar-refractivity contribution is 0.0368. The van der Waals surface area contributed by atoms with Crippen molar-refractivity contribution in [3.8, 4) is 5.75 Å². The number of phenolic OH excluding ortho intramolecular Hbond substituents is 1. The molecule has 1 aliphatic carbocycles. The molecule has 0 radical (unpaired) electrons. The molecule has 0 heterocycles. The summed E-state index contributed by atoms with van der Waals surface area (Å²) in [6.07, 6.45) is 6.46. The van der Waals surface area contributed by atoms with Crippen LogP contribution in [0.5, 0.6) is 5.75 Å². The highest BCUT2D eigenvalue weighted by atomic mass is 16.5. The Bertz CT molecular complexity index is 683. The monoisotopic (exact) mass is 358 g/mol. The molecule has 142 valence electrons. The molecule has 1 aliphatic rings. The quantitative estimate of drug-likeness (QED) is 0.590. The van der Waals surface area contributed by atoms with Crippen LogP contribution in [0.2, 0.25) is 0 Å². The van der Waals surface area contributed by atoms with Gasteiger partial charge in [0.25, 0.3) is 0 Å². The van der Waals surface area contributed by atoms with Crippen LogP contribution in [0.1, 0.15) is 63.7 Å². The van der Waals surface area contributed by atoms with E-state index >= 15 is 0 Å². The van der Waals surface area contributed by atoms with E-state index in [4.69, 9.17) is 4.74 Å². The molecule has 4 nitrogen and oxygen atoms in total. The van der Waals surface area contributed by atoms with E-state index in [1.807, 2.05) is 13.0 Å². The van der Waals surface area contributed by atoms with Crippen molar-refractivity contribution in [1.29, 1.82) is 0 Å². The van der Waals surface area contributed by atoms with Gasteiger partial charge in [0.05, 0.1) is 11.7 Å². The molecule has 0 unspecified atom stereocenters. The van der Waals surface area contributed by atoms with E-state index in [2.05, 4.69) is 26.8 Å². The van der Waals surface area contributed by atoms with Gasteiger partial charge in [-0.3, -0.25) is 0 Å². The fraction of sp³-hybridized carbons (Fsp3) is 0.500. The lowest BCUT2D eigenvalue weighted by atomic mass is 9.80. The molecule has 0 saturated heterocycles. The number of allylic oxidation sites excluding steroid dienone is 1. The van der Waals surface area contributed by atoms with Crippen LogP contribution < -0.4 is 0 Å². The number of aliphatic hydroxyl groups is 1. The fourth-order valence-corrected chi connectivity index (χ4v) is 3.08. The van der Waals surface area contributed by atoms with Crippen LogP contribution >= 0.6 is 0 Å². The Balaban J connectivity index is 2.25. The summed E-state index contributed by atoms with van der Waals surface area (Å²) in [7, 11) is 0. The minimum Gasteiger partial charge on any atom is -0.508 e. The molecule has 0 aliphatic heterocycles. The molecule has 26 heavy (non-hydrogen) atoms. The zero-order valence-corrected chi connectivity index (χ0v) is 16.2. The van der Waals surface area contributed by atoms with Crippen molar-refractivity contribution < 1.29 is 19.7 Å². The molecule has 1 aromatic rings. The van der Waals surface area contributed by atoms with Gasteiger partial charge < -0.3 is 14.9 Å². The number of hydrogen-bond acceptors (Lipinski definition) is 4. The molecule has 0 bridgehead atoms. The summed E-state index contributed by atoms with van der Waals surface area (Å²) in [6, 6.07) is 6.02. The van der Waals surface area contributed by atoms with Crippen molar-refractivity contribution in [3.05, 3.63) is 53.1 Å². The van der Waals surface area contributed by atoms with Crippen molar-refractivity contribution in [3.63, 3.8) is 0 Å². The molecular formula is C22H30O4. The molecule has 0 amide bonds. The molecule has 2 N–H and O–H groups in total. The lowest BCUT2D eigenvalue weighted by Gasteiger charge is -2.29. The van der Waals surface area contributed by atoms with Gasteiger partial charge in [0.2, 0.25) is 0 Å². The number of phenols is 1. The molecule has 0 aromatic heterocycles. The molecular weight excluding hydrogens is 328 g/mol. The SMILES string of the molecule is C/C1=C/[C@@H](O)C(C)(C)CCC/C(C)=C/C[C@H]1OC(=O)c1ccc(O)cc1. The van der Waals surface area contributed by atoms with Gasteiger partial charge in [-0.1, -0.05) is 31.6 Å². The molecule has 4 heteroatoms. The van der Waals surface area contributed by atoms with Gasteiger partial charge in [-0.05, 0) is 68.4 Å². The standard InChI is InChI=1S/C22H30O4/c1-15-6-5-13-22(3,4)20(24)14-16(2)19(12-7-15)26-21(25)17-8-10-18(23)11-9-17/h7-11,14,19-20,23-24H,5-6,12-13H2,1-4H3/b15-7+,16-14-/t19-,20-/m1/s1. The molecule has 1 aromatic carbocycles. The Morgan fingerprint density at radius 2 is 1.85 bits per heavy atom. The Hall–Kier alpha value is -2.07. The topological polar surface area (TPSA) is 66.8 Å². The first-order valence-corrected chi connectivity index (χ1v) is 9.21. The summed E-state index contributed by atoms with van der Waals surface area (Å²) in [5, 5.41) is 20.0. The van der Waals surface area contributed by atoms with Crippen molar-refractivity contribution in [2.24, 2.45) is 5.41 Å². The van der Waals surface area contributed by atoms with Gasteiger partial charge in [-0.25, -0.2) is 4.79 Å². The second kappa shape index (κ2) is 8.54. The summed E-state index contributed by atoms with van der Waals surface area (Å²) in [5.41, 5.74) is 2.29. The van der Waals surface area contributed by atoms with Gasteiger partial charge in [-0.2, -0.15) is 0 Å². The highest BCUT2D eigenvalue weighted by molar-refractivity contribution is 5.89. The highest BCUT2D eigenvalue weighted by Gasteiger charge is 2.28. The number of carbonyl (C=O) groups excluding carboxylic acids is 1. The lowest BCUT2D eigenvalue weighted by Crippen LogP contribution is -2.29. The summed E-state index contributed by atoms with van der Waals surface area (Å²) in [6.45, 7) is 8.13. The molecule has 0 spiro atoms. The first-order valence-electron chi connectivity index (χ1n) is 9.21. The smallest absolute Gasteiger partial charge is 0.338 e. The second-order valence-electron chi connectivity index (χ2n) is 7.92. The summed E-state index contributed by atoms with van der Waals surface area (Å²) < 4.78 is 5.72. The number of aliphatic hydroxyl groups excluding tert-OH is 1. The summed E-state index contributed by atoms with van der Waals surface area (Å²) in [5.74, 6) is -0.325. The van der Waals surface area contributed by atoms with Crippen molar-refractivity contribution in [2.45, 2.75) is 65.6 Å². The van der Waals surface area contributed by atoms with Crippen LogP contribution in [-0.4, -0.2) is 28.4 Å². The minimum absolute atomic E-state index is 0.108.